The van der Waals surface area contributed by atoms with Crippen molar-refractivity contribution in [3.63, 3.8) is 0 Å². The van der Waals surface area contributed by atoms with Crippen molar-refractivity contribution in [1.29, 1.82) is 0 Å². The van der Waals surface area contributed by atoms with E-state index in [1.165, 1.54) is 5.56 Å². The summed E-state index contributed by atoms with van der Waals surface area (Å²) in [7, 11) is 4.06. The highest BCUT2D eigenvalue weighted by atomic mass is 16.1. The molecular weight excluding hydrogens is 364 g/mol. The maximum Gasteiger partial charge on any atom is 0.270 e. The molecule has 2 heterocycles. The number of aryl methyl sites for hydroxylation is 1. The Morgan fingerprint density at radius 2 is 1.83 bits per heavy atom. The van der Waals surface area contributed by atoms with Gasteiger partial charge in [-0.2, -0.15) is 0 Å². The lowest BCUT2D eigenvalue weighted by Gasteiger charge is -2.34. The molecule has 0 atom stereocenters. The van der Waals surface area contributed by atoms with Crippen LogP contribution in [0.5, 0.6) is 0 Å². The van der Waals surface area contributed by atoms with Gasteiger partial charge in [0.1, 0.15) is 5.69 Å². The number of carbonyl (C=O) groups excluding carboxylic acids is 1. The molecule has 7 heteroatoms. The second-order valence-corrected chi connectivity index (χ2v) is 7.86. The molecule has 1 aromatic heterocycles. The molecule has 0 aliphatic carbocycles. The topological polar surface area (TPSA) is 64.6 Å². The van der Waals surface area contributed by atoms with Crippen LogP contribution in [0.3, 0.4) is 0 Å². The van der Waals surface area contributed by atoms with Gasteiger partial charge in [-0.3, -0.25) is 9.69 Å². The molecule has 29 heavy (non-hydrogen) atoms. The number of hydrogen-bond donors (Lipinski definition) is 1. The smallest absolute Gasteiger partial charge is 0.270 e. The van der Waals surface area contributed by atoms with Crippen molar-refractivity contribution in [2.24, 2.45) is 0 Å². The van der Waals surface area contributed by atoms with E-state index in [9.17, 15) is 4.79 Å². The number of hydrogen-bond acceptors (Lipinski definition) is 6. The van der Waals surface area contributed by atoms with Gasteiger partial charge in [0.05, 0.1) is 0 Å². The zero-order valence-electron chi connectivity index (χ0n) is 17.8. The van der Waals surface area contributed by atoms with E-state index in [0.29, 0.717) is 18.2 Å². The zero-order chi connectivity index (χ0) is 20.6. The Morgan fingerprint density at radius 3 is 2.52 bits per heavy atom. The number of amides is 1. The lowest BCUT2D eigenvalue weighted by Crippen LogP contribution is -2.46. The number of nitrogens with one attached hydrogen (secondary N) is 1. The summed E-state index contributed by atoms with van der Waals surface area (Å²) in [5, 5.41) is 2.96. The summed E-state index contributed by atoms with van der Waals surface area (Å²) in [5.74, 6) is 0.529. The van der Waals surface area contributed by atoms with E-state index in [4.69, 9.17) is 0 Å². The minimum atomic E-state index is -0.127. The van der Waals surface area contributed by atoms with Crippen molar-refractivity contribution in [1.82, 2.24) is 25.1 Å². The summed E-state index contributed by atoms with van der Waals surface area (Å²) in [6.07, 6.45) is 0.916. The summed E-state index contributed by atoms with van der Waals surface area (Å²) >= 11 is 0. The van der Waals surface area contributed by atoms with Crippen molar-refractivity contribution in [2.45, 2.75) is 19.9 Å². The Hall–Kier alpha value is -2.51. The van der Waals surface area contributed by atoms with Crippen molar-refractivity contribution in [3.05, 3.63) is 53.3 Å². The van der Waals surface area contributed by atoms with E-state index in [0.717, 1.165) is 51.4 Å². The first-order valence-electron chi connectivity index (χ1n) is 10.3. The quantitative estimate of drug-likeness (QED) is 0.687. The monoisotopic (exact) mass is 396 g/mol. The second-order valence-electron chi connectivity index (χ2n) is 7.86. The minimum absolute atomic E-state index is 0.127. The van der Waals surface area contributed by atoms with Crippen molar-refractivity contribution >= 4 is 11.9 Å². The van der Waals surface area contributed by atoms with Gasteiger partial charge in [0.25, 0.3) is 5.91 Å². The molecule has 0 bridgehead atoms. The molecule has 1 saturated heterocycles. The predicted molar refractivity (Wildman–Crippen MR) is 116 cm³/mol. The van der Waals surface area contributed by atoms with Gasteiger partial charge in [-0.05, 0) is 45.6 Å². The van der Waals surface area contributed by atoms with Gasteiger partial charge in [0, 0.05) is 45.0 Å². The molecule has 1 aliphatic rings. The first kappa shape index (κ1) is 21.2. The highest BCUT2D eigenvalue weighted by Crippen LogP contribution is 2.15. The van der Waals surface area contributed by atoms with E-state index < -0.39 is 0 Å². The first-order valence-corrected chi connectivity index (χ1v) is 10.3. The molecule has 0 spiro atoms. The number of nitrogens with zero attached hydrogens (tertiary/aromatic N) is 5. The van der Waals surface area contributed by atoms with Gasteiger partial charge in [-0.15, -0.1) is 0 Å². The van der Waals surface area contributed by atoms with Crippen molar-refractivity contribution in [3.8, 4) is 0 Å². The summed E-state index contributed by atoms with van der Waals surface area (Å²) in [5.41, 5.74) is 2.60. The van der Waals surface area contributed by atoms with Crippen LogP contribution in [-0.4, -0.2) is 79.0 Å². The highest BCUT2D eigenvalue weighted by molar-refractivity contribution is 5.92. The Morgan fingerprint density at radius 1 is 1.10 bits per heavy atom. The summed E-state index contributed by atoms with van der Waals surface area (Å²) in [6.45, 7) is 8.11. The van der Waals surface area contributed by atoms with Crippen LogP contribution < -0.4 is 10.2 Å². The van der Waals surface area contributed by atoms with Gasteiger partial charge in [0.15, 0.2) is 0 Å². The van der Waals surface area contributed by atoms with Crippen molar-refractivity contribution in [2.75, 3.05) is 58.3 Å². The van der Waals surface area contributed by atoms with E-state index in [1.807, 2.05) is 27.1 Å². The van der Waals surface area contributed by atoms with Gasteiger partial charge < -0.3 is 15.1 Å². The van der Waals surface area contributed by atoms with Crippen molar-refractivity contribution < 1.29 is 4.79 Å². The molecule has 0 radical (unpaired) electrons. The van der Waals surface area contributed by atoms with Crippen LogP contribution in [-0.2, 0) is 6.54 Å². The largest absolute Gasteiger partial charge is 0.351 e. The molecule has 1 N–H and O–H groups in total. The summed E-state index contributed by atoms with van der Waals surface area (Å²) in [4.78, 5) is 28.4. The van der Waals surface area contributed by atoms with E-state index >= 15 is 0 Å². The molecule has 1 amide bonds. The molecule has 156 valence electrons. The number of aromatic nitrogens is 2. The zero-order valence-corrected chi connectivity index (χ0v) is 17.8. The number of rotatable bonds is 8. The molecule has 1 aromatic carbocycles. The molecule has 7 nitrogen and oxygen atoms in total. The molecule has 1 fully saturated rings. The third-order valence-electron chi connectivity index (χ3n) is 5.05. The first-order chi connectivity index (χ1) is 14.0. The van der Waals surface area contributed by atoms with Gasteiger partial charge in [-0.25, -0.2) is 9.97 Å². The van der Waals surface area contributed by atoms with E-state index in [1.54, 1.807) is 6.07 Å². The Kier molecular flexibility index (Phi) is 7.55. The van der Waals surface area contributed by atoms with Gasteiger partial charge >= 0.3 is 0 Å². The van der Waals surface area contributed by atoms with Gasteiger partial charge in [-0.1, -0.05) is 30.3 Å². The molecule has 3 rings (SSSR count). The fourth-order valence-electron chi connectivity index (χ4n) is 3.45. The normalized spacial score (nSPS) is 15.0. The van der Waals surface area contributed by atoms with E-state index in [-0.39, 0.29) is 5.91 Å². The number of carbonyl (C=O) groups is 1. The average molecular weight is 397 g/mol. The van der Waals surface area contributed by atoms with Gasteiger partial charge in [0.2, 0.25) is 5.95 Å². The third kappa shape index (κ3) is 6.51. The Balaban J connectivity index is 1.55. The number of anilines is 1. The fourth-order valence-corrected chi connectivity index (χ4v) is 3.45. The van der Waals surface area contributed by atoms with Crippen LogP contribution in [0.4, 0.5) is 5.95 Å². The highest BCUT2D eigenvalue weighted by Gasteiger charge is 2.21. The maximum absolute atomic E-state index is 12.5. The molecular formula is C22H32N6O. The lowest BCUT2D eigenvalue weighted by molar-refractivity contribution is 0.0947. The molecule has 0 saturated carbocycles. The predicted octanol–water partition coefficient (Wildman–Crippen LogP) is 1.79. The van der Waals surface area contributed by atoms with Crippen LogP contribution in [0.1, 0.15) is 28.2 Å². The van der Waals surface area contributed by atoms with Crippen LogP contribution in [0.2, 0.25) is 0 Å². The van der Waals surface area contributed by atoms with Crippen LogP contribution in [0, 0.1) is 6.92 Å². The second kappa shape index (κ2) is 10.3. The maximum atomic E-state index is 12.5. The van der Waals surface area contributed by atoms with Crippen LogP contribution in [0.15, 0.2) is 36.4 Å². The molecule has 2 aromatic rings. The fraction of sp³-hybridized carbons (Fsp3) is 0.500. The Bertz CT molecular complexity index is 787. The van der Waals surface area contributed by atoms with Crippen LogP contribution >= 0.6 is 0 Å². The number of piperazine rings is 1. The summed E-state index contributed by atoms with van der Waals surface area (Å²) in [6, 6.07) is 12.3. The van der Waals surface area contributed by atoms with Crippen LogP contribution in [0.25, 0.3) is 0 Å². The number of benzene rings is 1. The molecule has 0 unspecified atom stereocenters. The third-order valence-corrected chi connectivity index (χ3v) is 5.05. The standard InChI is InChI=1S/C22H32N6O/c1-18-16-20(21(29)23-10-7-11-26(2)3)25-22(24-18)28-14-12-27(13-15-28)17-19-8-5-4-6-9-19/h4-6,8-9,16H,7,10-15,17H2,1-3H3,(H,23,29). The lowest BCUT2D eigenvalue weighted by atomic mass is 10.2. The van der Waals surface area contributed by atoms with E-state index in [2.05, 4.69) is 54.2 Å². The summed E-state index contributed by atoms with van der Waals surface area (Å²) < 4.78 is 0. The minimum Gasteiger partial charge on any atom is -0.351 e. The SMILES string of the molecule is Cc1cc(C(=O)NCCCN(C)C)nc(N2CCN(Cc3ccccc3)CC2)n1. The molecule has 1 aliphatic heterocycles. The average Bonchev–Trinajstić information content (AvgIpc) is 2.72. The Labute approximate surface area is 173 Å².